The SMILES string of the molecule is CC(C)c1cc(C(=O)NCC(O)c2ccsc2)n[nH]1. The van der Waals surface area contributed by atoms with E-state index in [0.717, 1.165) is 11.3 Å². The maximum Gasteiger partial charge on any atom is 0.271 e. The second-order valence-electron chi connectivity index (χ2n) is 4.65. The van der Waals surface area contributed by atoms with Crippen LogP contribution in [0.25, 0.3) is 0 Å². The highest BCUT2D eigenvalue weighted by Crippen LogP contribution is 2.15. The molecule has 1 amide bonds. The van der Waals surface area contributed by atoms with E-state index in [4.69, 9.17) is 0 Å². The molecule has 1 unspecified atom stereocenters. The third-order valence-corrected chi connectivity index (χ3v) is 3.54. The zero-order chi connectivity index (χ0) is 13.8. The molecule has 19 heavy (non-hydrogen) atoms. The van der Waals surface area contributed by atoms with Gasteiger partial charge in [0.1, 0.15) is 5.69 Å². The molecule has 0 saturated carbocycles. The predicted molar refractivity (Wildman–Crippen MR) is 74.3 cm³/mol. The molecule has 2 aromatic rings. The van der Waals surface area contributed by atoms with Crippen molar-refractivity contribution in [3.8, 4) is 0 Å². The van der Waals surface area contributed by atoms with E-state index >= 15 is 0 Å². The summed E-state index contributed by atoms with van der Waals surface area (Å²) in [5.41, 5.74) is 2.08. The maximum atomic E-state index is 11.9. The van der Waals surface area contributed by atoms with Gasteiger partial charge in [0.2, 0.25) is 0 Å². The van der Waals surface area contributed by atoms with Crippen LogP contribution in [0.4, 0.5) is 0 Å². The summed E-state index contributed by atoms with van der Waals surface area (Å²) in [6.07, 6.45) is -0.682. The topological polar surface area (TPSA) is 78.0 Å². The Morgan fingerprint density at radius 2 is 2.37 bits per heavy atom. The number of carbonyl (C=O) groups excluding carboxylic acids is 1. The van der Waals surface area contributed by atoms with Gasteiger partial charge in [-0.2, -0.15) is 16.4 Å². The minimum atomic E-state index is -0.682. The van der Waals surface area contributed by atoms with Gasteiger partial charge >= 0.3 is 0 Å². The summed E-state index contributed by atoms with van der Waals surface area (Å²) in [7, 11) is 0. The van der Waals surface area contributed by atoms with Crippen LogP contribution >= 0.6 is 11.3 Å². The lowest BCUT2D eigenvalue weighted by Gasteiger charge is -2.09. The van der Waals surface area contributed by atoms with Crippen LogP contribution < -0.4 is 5.32 Å². The Morgan fingerprint density at radius 3 is 2.95 bits per heavy atom. The number of hydrogen-bond acceptors (Lipinski definition) is 4. The van der Waals surface area contributed by atoms with Gasteiger partial charge in [0.15, 0.2) is 0 Å². The molecule has 2 heterocycles. The van der Waals surface area contributed by atoms with Crippen LogP contribution in [0.15, 0.2) is 22.9 Å². The number of aliphatic hydroxyl groups excluding tert-OH is 1. The van der Waals surface area contributed by atoms with E-state index in [1.807, 2.05) is 30.7 Å². The first-order valence-corrected chi connectivity index (χ1v) is 7.06. The van der Waals surface area contributed by atoms with Gasteiger partial charge in [-0.15, -0.1) is 0 Å². The van der Waals surface area contributed by atoms with Crippen molar-refractivity contribution in [1.29, 1.82) is 0 Å². The fourth-order valence-corrected chi connectivity index (χ4v) is 2.32. The highest BCUT2D eigenvalue weighted by molar-refractivity contribution is 7.07. The average molecular weight is 279 g/mol. The summed E-state index contributed by atoms with van der Waals surface area (Å²) in [5, 5.41) is 23.1. The largest absolute Gasteiger partial charge is 0.387 e. The number of nitrogens with zero attached hydrogens (tertiary/aromatic N) is 1. The fraction of sp³-hybridized carbons (Fsp3) is 0.385. The minimum absolute atomic E-state index is 0.180. The molecule has 0 aliphatic carbocycles. The highest BCUT2D eigenvalue weighted by atomic mass is 32.1. The number of aliphatic hydroxyl groups is 1. The number of nitrogens with one attached hydrogen (secondary N) is 2. The third-order valence-electron chi connectivity index (χ3n) is 2.84. The van der Waals surface area contributed by atoms with Gasteiger partial charge in [0.25, 0.3) is 5.91 Å². The molecule has 0 aromatic carbocycles. The number of rotatable bonds is 5. The Labute approximate surface area is 115 Å². The van der Waals surface area contributed by atoms with Crippen molar-refractivity contribution >= 4 is 17.2 Å². The smallest absolute Gasteiger partial charge is 0.271 e. The van der Waals surface area contributed by atoms with Gasteiger partial charge in [0.05, 0.1) is 6.10 Å². The second-order valence-corrected chi connectivity index (χ2v) is 5.43. The molecule has 1 atom stereocenters. The van der Waals surface area contributed by atoms with Gasteiger partial charge < -0.3 is 10.4 Å². The van der Waals surface area contributed by atoms with Crippen LogP contribution in [0.1, 0.15) is 47.6 Å². The number of amides is 1. The molecule has 0 spiro atoms. The Kier molecular flexibility index (Phi) is 4.34. The Hall–Kier alpha value is -1.66. The van der Waals surface area contributed by atoms with Crippen molar-refractivity contribution < 1.29 is 9.90 Å². The summed E-state index contributed by atoms with van der Waals surface area (Å²) < 4.78 is 0. The molecule has 5 nitrogen and oxygen atoms in total. The van der Waals surface area contributed by atoms with E-state index < -0.39 is 6.10 Å². The standard InChI is InChI=1S/C13H17N3O2S/c1-8(2)10-5-11(16-15-10)13(18)14-6-12(17)9-3-4-19-7-9/h3-5,7-8,12,17H,6H2,1-2H3,(H,14,18)(H,15,16). The van der Waals surface area contributed by atoms with Gasteiger partial charge in [-0.25, -0.2) is 0 Å². The molecule has 102 valence electrons. The van der Waals surface area contributed by atoms with Crippen molar-refractivity contribution in [2.45, 2.75) is 25.9 Å². The number of aromatic amines is 1. The molecule has 0 aliphatic rings. The second kappa shape index (κ2) is 5.99. The molecule has 0 bridgehead atoms. The molecular formula is C13H17N3O2S. The summed E-state index contributed by atoms with van der Waals surface area (Å²) in [4.78, 5) is 11.9. The van der Waals surface area contributed by atoms with Gasteiger partial charge in [-0.3, -0.25) is 9.89 Å². The lowest BCUT2D eigenvalue weighted by molar-refractivity contribution is 0.0911. The van der Waals surface area contributed by atoms with E-state index in [1.54, 1.807) is 6.07 Å². The molecule has 0 radical (unpaired) electrons. The summed E-state index contributed by atoms with van der Waals surface area (Å²) in [5.74, 6) is 0.0166. The molecule has 0 fully saturated rings. The zero-order valence-corrected chi connectivity index (χ0v) is 11.7. The van der Waals surface area contributed by atoms with Crippen molar-refractivity contribution in [1.82, 2.24) is 15.5 Å². The fourth-order valence-electron chi connectivity index (χ4n) is 1.61. The maximum absolute atomic E-state index is 11.9. The summed E-state index contributed by atoms with van der Waals surface area (Å²) in [6.45, 7) is 4.23. The molecule has 3 N–H and O–H groups in total. The van der Waals surface area contributed by atoms with Crippen LogP contribution in [0, 0.1) is 0 Å². The van der Waals surface area contributed by atoms with E-state index in [9.17, 15) is 9.90 Å². The normalized spacial score (nSPS) is 12.6. The Balaban J connectivity index is 1.90. The Bertz CT molecular complexity index is 534. The lowest BCUT2D eigenvalue weighted by Crippen LogP contribution is -2.28. The molecular weight excluding hydrogens is 262 g/mol. The molecule has 2 aromatic heterocycles. The first-order valence-electron chi connectivity index (χ1n) is 6.11. The lowest BCUT2D eigenvalue weighted by atomic mass is 10.1. The Morgan fingerprint density at radius 1 is 1.58 bits per heavy atom. The van der Waals surface area contributed by atoms with Crippen LogP contribution in [-0.2, 0) is 0 Å². The molecule has 0 saturated heterocycles. The van der Waals surface area contributed by atoms with Gasteiger partial charge in [-0.1, -0.05) is 13.8 Å². The van der Waals surface area contributed by atoms with E-state index in [-0.39, 0.29) is 12.5 Å². The molecule has 6 heteroatoms. The van der Waals surface area contributed by atoms with Crippen molar-refractivity contribution in [2.75, 3.05) is 6.54 Å². The minimum Gasteiger partial charge on any atom is -0.387 e. The van der Waals surface area contributed by atoms with E-state index in [2.05, 4.69) is 15.5 Å². The summed E-state index contributed by atoms with van der Waals surface area (Å²) >= 11 is 1.52. The van der Waals surface area contributed by atoms with Crippen molar-refractivity contribution in [2.24, 2.45) is 0 Å². The van der Waals surface area contributed by atoms with Crippen molar-refractivity contribution in [3.05, 3.63) is 39.8 Å². The first kappa shape index (κ1) is 13.8. The first-order chi connectivity index (χ1) is 9.08. The van der Waals surface area contributed by atoms with Crippen LogP contribution in [0.2, 0.25) is 0 Å². The van der Waals surface area contributed by atoms with Crippen molar-refractivity contribution in [3.63, 3.8) is 0 Å². The number of aromatic nitrogens is 2. The number of carbonyl (C=O) groups is 1. The number of hydrogen-bond donors (Lipinski definition) is 3. The van der Waals surface area contributed by atoms with E-state index in [1.165, 1.54) is 11.3 Å². The highest BCUT2D eigenvalue weighted by Gasteiger charge is 2.14. The average Bonchev–Trinajstić information content (AvgIpc) is 3.05. The van der Waals surface area contributed by atoms with Crippen LogP contribution in [0.3, 0.4) is 0 Å². The molecule has 0 aliphatic heterocycles. The monoisotopic (exact) mass is 279 g/mol. The molecule has 2 rings (SSSR count). The third kappa shape index (κ3) is 3.42. The van der Waals surface area contributed by atoms with E-state index in [0.29, 0.717) is 11.6 Å². The van der Waals surface area contributed by atoms with Gasteiger partial charge in [-0.05, 0) is 34.4 Å². The zero-order valence-electron chi connectivity index (χ0n) is 10.9. The number of thiophene rings is 1. The van der Waals surface area contributed by atoms with Crippen LogP contribution in [-0.4, -0.2) is 27.8 Å². The quantitative estimate of drug-likeness (QED) is 0.784. The van der Waals surface area contributed by atoms with Gasteiger partial charge in [0, 0.05) is 12.2 Å². The predicted octanol–water partition coefficient (Wildman–Crippen LogP) is 2.06. The number of H-pyrrole nitrogens is 1. The summed E-state index contributed by atoms with van der Waals surface area (Å²) in [6, 6.07) is 3.57. The van der Waals surface area contributed by atoms with Crippen LogP contribution in [0.5, 0.6) is 0 Å².